The fourth-order valence-electron chi connectivity index (χ4n) is 5.25. The van der Waals surface area contributed by atoms with Crippen LogP contribution in [-0.2, 0) is 28.5 Å². The molecule has 1 atom stereocenters. The summed E-state index contributed by atoms with van der Waals surface area (Å²) in [4.78, 5) is 21.6. The highest BCUT2D eigenvalue weighted by atomic mass is 35.5. The molecule has 0 unspecified atom stereocenters. The van der Waals surface area contributed by atoms with Crippen LogP contribution in [-0.4, -0.2) is 45.6 Å². The van der Waals surface area contributed by atoms with E-state index in [0.29, 0.717) is 29.7 Å². The molecule has 0 N–H and O–H groups in total. The van der Waals surface area contributed by atoms with Crippen molar-refractivity contribution in [3.8, 4) is 17.0 Å². The molecule has 0 spiro atoms. The molecule has 1 saturated heterocycles. The topological polar surface area (TPSA) is 94.4 Å². The molecule has 2 aromatic heterocycles. The van der Waals surface area contributed by atoms with Gasteiger partial charge in [-0.25, -0.2) is 18.4 Å². The first kappa shape index (κ1) is 29.5. The van der Waals surface area contributed by atoms with E-state index in [4.69, 9.17) is 32.9 Å². The van der Waals surface area contributed by atoms with Gasteiger partial charge in [-0.15, -0.1) is 0 Å². The van der Waals surface area contributed by atoms with Gasteiger partial charge in [0, 0.05) is 47.2 Å². The van der Waals surface area contributed by atoms with Gasteiger partial charge in [-0.1, -0.05) is 56.1 Å². The Morgan fingerprint density at radius 2 is 1.98 bits per heavy atom. The zero-order valence-electron chi connectivity index (χ0n) is 23.4. The SMILES string of the molecule is CCC(=O)[C@@H]1CCCN1S(=O)(=O)c1ccc(Cl)c(COc2cccc3c(-c4cncn4C)cc(C(C)C)nc23)c1Cl. The molecule has 5 rings (SSSR count). The Kier molecular flexibility index (Phi) is 8.43. The van der Waals surface area contributed by atoms with Crippen molar-refractivity contribution < 1.29 is 17.9 Å². The molecule has 3 heterocycles. The number of fused-ring (bicyclic) bond motifs is 1. The lowest BCUT2D eigenvalue weighted by Crippen LogP contribution is -2.40. The van der Waals surface area contributed by atoms with Crippen LogP contribution in [0, 0.1) is 0 Å². The monoisotopic (exact) mass is 614 g/mol. The quantitative estimate of drug-likeness (QED) is 0.206. The van der Waals surface area contributed by atoms with Crippen LogP contribution in [0.5, 0.6) is 5.75 Å². The number of Topliss-reactive ketones (excluding diaryl/α,β-unsaturated/α-hetero) is 1. The molecule has 1 fully saturated rings. The van der Waals surface area contributed by atoms with E-state index in [1.54, 1.807) is 13.3 Å². The first-order chi connectivity index (χ1) is 19.5. The molecule has 4 aromatic rings. The third-order valence-electron chi connectivity index (χ3n) is 7.54. The summed E-state index contributed by atoms with van der Waals surface area (Å²) in [5, 5.41) is 1.16. The number of carbonyl (C=O) groups excluding carboxylic acids is 1. The van der Waals surface area contributed by atoms with Gasteiger partial charge in [0.05, 0.1) is 29.3 Å². The maximum atomic E-state index is 13.7. The molecule has 1 aliphatic heterocycles. The van der Waals surface area contributed by atoms with Crippen LogP contribution in [0.25, 0.3) is 22.2 Å². The minimum Gasteiger partial charge on any atom is -0.487 e. The second kappa shape index (κ2) is 11.7. The number of imidazole rings is 1. The summed E-state index contributed by atoms with van der Waals surface area (Å²) in [5.74, 6) is 0.579. The fourth-order valence-corrected chi connectivity index (χ4v) is 7.79. The average Bonchev–Trinajstić information content (AvgIpc) is 3.61. The third kappa shape index (κ3) is 5.48. The van der Waals surface area contributed by atoms with E-state index in [0.717, 1.165) is 22.3 Å². The lowest BCUT2D eigenvalue weighted by atomic mass is 10.0. The van der Waals surface area contributed by atoms with Gasteiger partial charge in [0.25, 0.3) is 0 Å². The summed E-state index contributed by atoms with van der Waals surface area (Å²) in [6.07, 6.45) is 4.95. The molecule has 1 aliphatic rings. The van der Waals surface area contributed by atoms with Gasteiger partial charge in [0.2, 0.25) is 10.0 Å². The highest BCUT2D eigenvalue weighted by Crippen LogP contribution is 2.38. The molecule has 11 heteroatoms. The number of rotatable bonds is 9. The number of hydrogen-bond acceptors (Lipinski definition) is 6. The third-order valence-corrected chi connectivity index (χ3v) is 10.4. The highest BCUT2D eigenvalue weighted by molar-refractivity contribution is 7.89. The number of aromatic nitrogens is 3. The number of nitrogens with zero attached hydrogens (tertiary/aromatic N) is 4. The van der Waals surface area contributed by atoms with Gasteiger partial charge in [-0.05, 0) is 43.0 Å². The van der Waals surface area contributed by atoms with Crippen molar-refractivity contribution in [2.24, 2.45) is 7.05 Å². The van der Waals surface area contributed by atoms with E-state index in [1.165, 1.54) is 16.4 Å². The van der Waals surface area contributed by atoms with E-state index in [1.807, 2.05) is 36.0 Å². The van der Waals surface area contributed by atoms with Crippen molar-refractivity contribution in [3.63, 3.8) is 0 Å². The van der Waals surface area contributed by atoms with Gasteiger partial charge in [0.1, 0.15) is 22.8 Å². The van der Waals surface area contributed by atoms with Gasteiger partial charge in [0.15, 0.2) is 5.78 Å². The first-order valence-corrected chi connectivity index (χ1v) is 15.8. The molecule has 41 heavy (non-hydrogen) atoms. The number of para-hydroxylation sites is 1. The van der Waals surface area contributed by atoms with Gasteiger partial charge in [-0.2, -0.15) is 4.31 Å². The van der Waals surface area contributed by atoms with Gasteiger partial charge < -0.3 is 9.30 Å². The normalized spacial score (nSPS) is 16.1. The summed E-state index contributed by atoms with van der Waals surface area (Å²) in [6.45, 7) is 6.08. The number of carbonyl (C=O) groups is 1. The Balaban J connectivity index is 1.53. The maximum Gasteiger partial charge on any atom is 0.245 e. The van der Waals surface area contributed by atoms with Crippen molar-refractivity contribution >= 4 is 49.9 Å². The predicted molar refractivity (Wildman–Crippen MR) is 161 cm³/mol. The van der Waals surface area contributed by atoms with Crippen molar-refractivity contribution in [1.82, 2.24) is 18.8 Å². The summed E-state index contributed by atoms with van der Waals surface area (Å²) >= 11 is 13.2. The summed E-state index contributed by atoms with van der Waals surface area (Å²) in [5.41, 5.74) is 3.84. The van der Waals surface area contributed by atoms with E-state index in [2.05, 4.69) is 24.9 Å². The Labute approximate surface area is 250 Å². The molecule has 0 saturated carbocycles. The molecule has 216 valence electrons. The zero-order chi connectivity index (χ0) is 29.5. The Morgan fingerprint density at radius 3 is 2.66 bits per heavy atom. The number of ether oxygens (including phenoxy) is 1. The van der Waals surface area contributed by atoms with Crippen LogP contribution in [0.4, 0.5) is 0 Å². The van der Waals surface area contributed by atoms with Gasteiger partial charge in [-0.3, -0.25) is 4.79 Å². The lowest BCUT2D eigenvalue weighted by Gasteiger charge is -2.24. The van der Waals surface area contributed by atoms with Crippen LogP contribution in [0.2, 0.25) is 10.0 Å². The second-order valence-electron chi connectivity index (χ2n) is 10.5. The minimum atomic E-state index is -4.03. The molecule has 0 radical (unpaired) electrons. The molecule has 2 aromatic carbocycles. The fraction of sp³-hybridized carbons (Fsp3) is 0.367. The van der Waals surface area contributed by atoms with Crippen molar-refractivity contribution in [2.45, 2.75) is 63.5 Å². The van der Waals surface area contributed by atoms with Crippen LogP contribution in [0.3, 0.4) is 0 Å². The number of hydrogen-bond donors (Lipinski definition) is 0. The summed E-state index contributed by atoms with van der Waals surface area (Å²) in [6, 6.07) is 9.98. The molecule has 8 nitrogen and oxygen atoms in total. The second-order valence-corrected chi connectivity index (χ2v) is 13.2. The van der Waals surface area contributed by atoms with E-state index in [-0.39, 0.29) is 46.2 Å². The number of ketones is 1. The van der Waals surface area contributed by atoms with Gasteiger partial charge >= 0.3 is 0 Å². The number of sulfonamides is 1. The Bertz CT molecular complexity index is 1740. The standard InChI is InChI=1S/C30H32Cl2N4O4S/c1-5-26(37)24-9-7-13-36(24)41(38,39)28-12-11-22(31)21(29(28)32)16-40-27-10-6-8-19-20(25-15-33-17-35(25)4)14-23(18(2)3)34-30(19)27/h6,8,10-12,14-15,17-18,24H,5,7,9,13,16H2,1-4H3/t24-/m0/s1. The highest BCUT2D eigenvalue weighted by Gasteiger charge is 2.40. The molecular weight excluding hydrogens is 583 g/mol. The number of halogens is 2. The number of benzene rings is 2. The van der Waals surface area contributed by atoms with Crippen molar-refractivity contribution in [3.05, 3.63) is 70.2 Å². The molecular formula is C30H32Cl2N4O4S. The number of pyridine rings is 1. The smallest absolute Gasteiger partial charge is 0.245 e. The summed E-state index contributed by atoms with van der Waals surface area (Å²) in [7, 11) is -2.09. The zero-order valence-corrected chi connectivity index (χ0v) is 25.7. The minimum absolute atomic E-state index is 0.0151. The molecule has 0 amide bonds. The van der Waals surface area contributed by atoms with E-state index in [9.17, 15) is 13.2 Å². The lowest BCUT2D eigenvalue weighted by molar-refractivity contribution is -0.121. The largest absolute Gasteiger partial charge is 0.487 e. The Morgan fingerprint density at radius 1 is 1.20 bits per heavy atom. The number of aryl methyl sites for hydroxylation is 1. The predicted octanol–water partition coefficient (Wildman–Crippen LogP) is 6.78. The Hall–Kier alpha value is -2.98. The van der Waals surface area contributed by atoms with Crippen LogP contribution < -0.4 is 4.74 Å². The van der Waals surface area contributed by atoms with Crippen LogP contribution in [0.1, 0.15) is 57.2 Å². The molecule has 0 aliphatic carbocycles. The molecule has 0 bridgehead atoms. The van der Waals surface area contributed by atoms with Crippen molar-refractivity contribution in [2.75, 3.05) is 6.54 Å². The maximum absolute atomic E-state index is 13.7. The summed E-state index contributed by atoms with van der Waals surface area (Å²) < 4.78 is 36.8. The van der Waals surface area contributed by atoms with Crippen LogP contribution >= 0.6 is 23.2 Å². The van der Waals surface area contributed by atoms with E-state index < -0.39 is 16.1 Å². The van der Waals surface area contributed by atoms with E-state index >= 15 is 0 Å². The van der Waals surface area contributed by atoms with Crippen molar-refractivity contribution in [1.29, 1.82) is 0 Å². The average molecular weight is 616 g/mol. The van der Waals surface area contributed by atoms with Crippen LogP contribution in [0.15, 0.2) is 53.8 Å². The first-order valence-electron chi connectivity index (χ1n) is 13.6.